The molecule has 0 atom stereocenters. The number of non-ortho nitro benzene ring substituents is 1. The number of nitrogens with zero attached hydrogens (tertiary/aromatic N) is 3. The second kappa shape index (κ2) is 6.55. The van der Waals surface area contributed by atoms with Crippen molar-refractivity contribution in [2.45, 2.75) is 11.4 Å². The lowest BCUT2D eigenvalue weighted by Crippen LogP contribution is -2.30. The van der Waals surface area contributed by atoms with Gasteiger partial charge in [0.25, 0.3) is 5.69 Å². The van der Waals surface area contributed by atoms with Crippen molar-refractivity contribution in [1.29, 1.82) is 0 Å². The summed E-state index contributed by atoms with van der Waals surface area (Å²) in [6, 6.07) is 8.05. The number of benzene rings is 1. The number of hydrogen-bond acceptors (Lipinski definition) is 5. The van der Waals surface area contributed by atoms with E-state index in [4.69, 9.17) is 11.6 Å². The fourth-order valence-corrected chi connectivity index (χ4v) is 3.49. The average Bonchev–Trinajstić information content (AvgIpc) is 2.97. The molecule has 118 valence electrons. The molecule has 0 saturated carbocycles. The van der Waals surface area contributed by atoms with Crippen LogP contribution in [0.3, 0.4) is 0 Å². The molecule has 1 aromatic heterocycles. The third-order valence-electron chi connectivity index (χ3n) is 3.53. The van der Waals surface area contributed by atoms with E-state index in [1.54, 1.807) is 29.3 Å². The number of hydrogen-bond donors (Lipinski definition) is 0. The van der Waals surface area contributed by atoms with E-state index in [0.717, 1.165) is 11.3 Å². The van der Waals surface area contributed by atoms with Gasteiger partial charge in [-0.3, -0.25) is 14.9 Å². The Morgan fingerprint density at radius 3 is 3.00 bits per heavy atom. The number of rotatable bonds is 4. The van der Waals surface area contributed by atoms with Gasteiger partial charge in [-0.05, 0) is 30.2 Å². The summed E-state index contributed by atoms with van der Waals surface area (Å²) in [4.78, 5) is 28.6. The maximum atomic E-state index is 12.4. The highest BCUT2D eigenvalue weighted by molar-refractivity contribution is 8.00. The zero-order valence-electron chi connectivity index (χ0n) is 11.9. The largest absolute Gasteiger partial charge is 0.311 e. The number of aromatic nitrogens is 1. The Balaban J connectivity index is 1.71. The minimum Gasteiger partial charge on any atom is -0.311 e. The van der Waals surface area contributed by atoms with Crippen LogP contribution in [0.25, 0.3) is 0 Å². The van der Waals surface area contributed by atoms with Crippen LogP contribution in [0.4, 0.5) is 11.4 Å². The zero-order chi connectivity index (χ0) is 16.4. The number of fused-ring (bicyclic) bond motifs is 1. The van der Waals surface area contributed by atoms with E-state index in [-0.39, 0.29) is 17.3 Å². The number of halogens is 1. The van der Waals surface area contributed by atoms with Gasteiger partial charge in [0.1, 0.15) is 5.03 Å². The Morgan fingerprint density at radius 2 is 2.26 bits per heavy atom. The standard InChI is InChI=1S/C15H12ClN3O3S/c16-12-2-1-6-17-15(12)23-9-14(20)18-7-5-10-8-11(19(21)22)3-4-13(10)18/h1-4,6,8H,5,7,9H2. The van der Waals surface area contributed by atoms with Crippen LogP contribution in [-0.4, -0.2) is 28.1 Å². The molecular formula is C15H12ClN3O3S. The number of amides is 1. The summed E-state index contributed by atoms with van der Waals surface area (Å²) in [6.07, 6.45) is 2.25. The molecule has 1 aromatic carbocycles. The molecule has 6 nitrogen and oxygen atoms in total. The summed E-state index contributed by atoms with van der Waals surface area (Å²) >= 11 is 7.31. The summed E-state index contributed by atoms with van der Waals surface area (Å²) in [5, 5.41) is 11.9. The summed E-state index contributed by atoms with van der Waals surface area (Å²) in [6.45, 7) is 0.534. The minimum absolute atomic E-state index is 0.0488. The van der Waals surface area contributed by atoms with Gasteiger partial charge in [0.05, 0.1) is 15.7 Å². The Morgan fingerprint density at radius 1 is 1.43 bits per heavy atom. The van der Waals surface area contributed by atoms with Crippen LogP contribution in [0, 0.1) is 10.1 Å². The normalized spacial score (nSPS) is 13.0. The Kier molecular flexibility index (Phi) is 4.49. The van der Waals surface area contributed by atoms with Gasteiger partial charge in [-0.15, -0.1) is 0 Å². The molecule has 2 aromatic rings. The number of carbonyl (C=O) groups excluding carboxylic acids is 1. The lowest BCUT2D eigenvalue weighted by atomic mass is 10.1. The number of nitro groups is 1. The highest BCUT2D eigenvalue weighted by atomic mass is 35.5. The first-order chi connectivity index (χ1) is 11.1. The third-order valence-corrected chi connectivity index (χ3v) is 4.93. The molecule has 0 bridgehead atoms. The molecule has 0 aliphatic carbocycles. The Hall–Kier alpha value is -2.12. The van der Waals surface area contributed by atoms with Gasteiger partial charge >= 0.3 is 0 Å². The smallest absolute Gasteiger partial charge is 0.269 e. The maximum absolute atomic E-state index is 12.4. The Labute approximate surface area is 141 Å². The van der Waals surface area contributed by atoms with Gasteiger partial charge < -0.3 is 4.90 Å². The molecule has 1 aliphatic heterocycles. The molecule has 0 spiro atoms. The van der Waals surface area contributed by atoms with E-state index in [0.29, 0.717) is 23.0 Å². The molecule has 1 aliphatic rings. The van der Waals surface area contributed by atoms with Gasteiger partial charge in [-0.2, -0.15) is 0 Å². The fourth-order valence-electron chi connectivity index (χ4n) is 2.45. The summed E-state index contributed by atoms with van der Waals surface area (Å²) < 4.78 is 0. The lowest BCUT2D eigenvalue weighted by Gasteiger charge is -2.17. The molecule has 0 fully saturated rings. The maximum Gasteiger partial charge on any atom is 0.269 e. The van der Waals surface area contributed by atoms with Gasteiger partial charge in [-0.25, -0.2) is 4.98 Å². The van der Waals surface area contributed by atoms with Crippen molar-refractivity contribution in [1.82, 2.24) is 4.98 Å². The molecule has 2 heterocycles. The van der Waals surface area contributed by atoms with Gasteiger partial charge in [0, 0.05) is 30.6 Å². The molecular weight excluding hydrogens is 338 g/mol. The van der Waals surface area contributed by atoms with Crippen molar-refractivity contribution in [2.75, 3.05) is 17.2 Å². The molecule has 8 heteroatoms. The highest BCUT2D eigenvalue weighted by Gasteiger charge is 2.26. The van der Waals surface area contributed by atoms with Crippen molar-refractivity contribution >= 4 is 40.6 Å². The zero-order valence-corrected chi connectivity index (χ0v) is 13.5. The van der Waals surface area contributed by atoms with E-state index in [2.05, 4.69) is 4.98 Å². The second-order valence-electron chi connectivity index (χ2n) is 4.94. The van der Waals surface area contributed by atoms with Gasteiger partial charge in [0.2, 0.25) is 5.91 Å². The van der Waals surface area contributed by atoms with E-state index >= 15 is 0 Å². The highest BCUT2D eigenvalue weighted by Crippen LogP contribution is 2.32. The van der Waals surface area contributed by atoms with E-state index in [1.165, 1.54) is 23.9 Å². The predicted molar refractivity (Wildman–Crippen MR) is 89.1 cm³/mol. The van der Waals surface area contributed by atoms with Crippen LogP contribution in [0.1, 0.15) is 5.56 Å². The first-order valence-electron chi connectivity index (χ1n) is 6.87. The van der Waals surface area contributed by atoms with Gasteiger partial charge in [0.15, 0.2) is 0 Å². The SMILES string of the molecule is O=C(CSc1ncccc1Cl)N1CCc2cc([N+](=O)[O-])ccc21. The Bertz CT molecular complexity index is 784. The average molecular weight is 350 g/mol. The summed E-state index contributed by atoms with van der Waals surface area (Å²) in [5.41, 5.74) is 1.62. The minimum atomic E-state index is -0.427. The van der Waals surface area contributed by atoms with Crippen LogP contribution in [0.5, 0.6) is 0 Å². The monoisotopic (exact) mass is 349 g/mol. The van der Waals surface area contributed by atoms with Crippen molar-refractivity contribution in [3.63, 3.8) is 0 Å². The lowest BCUT2D eigenvalue weighted by molar-refractivity contribution is -0.384. The topological polar surface area (TPSA) is 76.3 Å². The molecule has 0 saturated heterocycles. The van der Waals surface area contributed by atoms with E-state index in [9.17, 15) is 14.9 Å². The van der Waals surface area contributed by atoms with Crippen LogP contribution in [-0.2, 0) is 11.2 Å². The number of anilines is 1. The summed E-state index contributed by atoms with van der Waals surface area (Å²) in [5.74, 6) is 0.150. The molecule has 0 radical (unpaired) electrons. The second-order valence-corrected chi connectivity index (χ2v) is 6.32. The fraction of sp³-hybridized carbons (Fsp3) is 0.200. The third kappa shape index (κ3) is 3.30. The predicted octanol–water partition coefficient (Wildman–Crippen LogP) is 3.32. The van der Waals surface area contributed by atoms with Crippen molar-refractivity contribution < 1.29 is 9.72 Å². The quantitative estimate of drug-likeness (QED) is 0.480. The molecule has 0 N–H and O–H groups in total. The van der Waals surface area contributed by atoms with Gasteiger partial charge in [-0.1, -0.05) is 23.4 Å². The first kappa shape index (κ1) is 15.8. The first-order valence-corrected chi connectivity index (χ1v) is 8.23. The molecule has 3 rings (SSSR count). The molecule has 1 amide bonds. The molecule has 23 heavy (non-hydrogen) atoms. The number of carbonyl (C=O) groups is 1. The summed E-state index contributed by atoms with van der Waals surface area (Å²) in [7, 11) is 0. The van der Waals surface area contributed by atoms with Crippen LogP contribution < -0.4 is 4.90 Å². The van der Waals surface area contributed by atoms with Crippen molar-refractivity contribution in [2.24, 2.45) is 0 Å². The van der Waals surface area contributed by atoms with Crippen LogP contribution in [0.2, 0.25) is 5.02 Å². The van der Waals surface area contributed by atoms with Crippen molar-refractivity contribution in [3.8, 4) is 0 Å². The molecule has 0 unspecified atom stereocenters. The van der Waals surface area contributed by atoms with Crippen molar-refractivity contribution in [3.05, 3.63) is 57.2 Å². The number of pyridine rings is 1. The number of nitro benzene ring substituents is 1. The van der Waals surface area contributed by atoms with E-state index in [1.807, 2.05) is 0 Å². The number of thioether (sulfide) groups is 1. The van der Waals surface area contributed by atoms with Crippen LogP contribution in [0.15, 0.2) is 41.6 Å². The van der Waals surface area contributed by atoms with E-state index < -0.39 is 4.92 Å². The van der Waals surface area contributed by atoms with Crippen LogP contribution >= 0.6 is 23.4 Å².